The van der Waals surface area contributed by atoms with Crippen molar-refractivity contribution in [2.24, 2.45) is 0 Å². The van der Waals surface area contributed by atoms with E-state index in [1.54, 1.807) is 11.0 Å². The summed E-state index contributed by atoms with van der Waals surface area (Å²) >= 11 is 0. The second-order valence-corrected chi connectivity index (χ2v) is 4.81. The van der Waals surface area contributed by atoms with Crippen LogP contribution in [-0.2, 0) is 0 Å². The van der Waals surface area contributed by atoms with Crippen LogP contribution in [0.25, 0.3) is 0 Å². The lowest BCUT2D eigenvalue weighted by Crippen LogP contribution is -2.39. The molecule has 1 rings (SSSR count). The van der Waals surface area contributed by atoms with Gasteiger partial charge in [-0.05, 0) is 31.9 Å². The summed E-state index contributed by atoms with van der Waals surface area (Å²) in [6.07, 6.45) is 2.81. The molecule has 0 bridgehead atoms. The van der Waals surface area contributed by atoms with Crippen LogP contribution < -0.4 is 5.73 Å². The summed E-state index contributed by atoms with van der Waals surface area (Å²) in [5.74, 6) is -0.717. The second kappa shape index (κ2) is 7.12. The van der Waals surface area contributed by atoms with Gasteiger partial charge in [0.2, 0.25) is 0 Å². The lowest BCUT2D eigenvalue weighted by Gasteiger charge is -2.29. The quantitative estimate of drug-likeness (QED) is 0.802. The van der Waals surface area contributed by atoms with Gasteiger partial charge in [0.05, 0.1) is 11.3 Å². The maximum atomic E-state index is 13.4. The fourth-order valence-corrected chi connectivity index (χ4v) is 1.95. The molecule has 1 aromatic carbocycles. The van der Waals surface area contributed by atoms with Crippen molar-refractivity contribution in [2.45, 2.75) is 46.1 Å². The van der Waals surface area contributed by atoms with Crippen molar-refractivity contribution in [1.82, 2.24) is 4.90 Å². The number of hydrogen-bond donors (Lipinski definition) is 1. The molecular weight excluding hydrogens is 243 g/mol. The number of anilines is 1. The normalized spacial score (nSPS) is 12.2. The van der Waals surface area contributed by atoms with Crippen molar-refractivity contribution in [3.63, 3.8) is 0 Å². The summed E-state index contributed by atoms with van der Waals surface area (Å²) in [5.41, 5.74) is 5.87. The van der Waals surface area contributed by atoms with Crippen molar-refractivity contribution in [3.05, 3.63) is 29.6 Å². The maximum absolute atomic E-state index is 13.4. The molecule has 106 valence electrons. The summed E-state index contributed by atoms with van der Waals surface area (Å²) < 4.78 is 13.4. The minimum Gasteiger partial charge on any atom is -0.396 e. The zero-order chi connectivity index (χ0) is 14.4. The standard InChI is InChI=1S/C15H23FN2O/c1-4-6-10-18(11(3)5-2)15(19)12-8-7-9-13(16)14(12)17/h7-9,11H,4-6,10,17H2,1-3H3. The Hall–Kier alpha value is -1.58. The van der Waals surface area contributed by atoms with E-state index in [2.05, 4.69) is 6.92 Å². The van der Waals surface area contributed by atoms with Crippen LogP contribution in [0.1, 0.15) is 50.4 Å². The lowest BCUT2D eigenvalue weighted by atomic mass is 10.1. The van der Waals surface area contributed by atoms with Gasteiger partial charge in [0, 0.05) is 12.6 Å². The summed E-state index contributed by atoms with van der Waals surface area (Å²) in [7, 11) is 0. The highest BCUT2D eigenvalue weighted by Crippen LogP contribution is 2.20. The van der Waals surface area contributed by atoms with Gasteiger partial charge in [-0.2, -0.15) is 0 Å². The molecule has 0 radical (unpaired) electrons. The van der Waals surface area contributed by atoms with Crippen molar-refractivity contribution >= 4 is 11.6 Å². The fraction of sp³-hybridized carbons (Fsp3) is 0.533. The lowest BCUT2D eigenvalue weighted by molar-refractivity contribution is 0.0686. The van der Waals surface area contributed by atoms with Crippen LogP contribution in [0.2, 0.25) is 0 Å². The topological polar surface area (TPSA) is 46.3 Å². The van der Waals surface area contributed by atoms with E-state index in [0.29, 0.717) is 6.54 Å². The van der Waals surface area contributed by atoms with E-state index in [9.17, 15) is 9.18 Å². The Balaban J connectivity index is 3.01. The third kappa shape index (κ3) is 3.69. The molecule has 4 heteroatoms. The van der Waals surface area contributed by atoms with Gasteiger partial charge in [-0.1, -0.05) is 26.3 Å². The van der Waals surface area contributed by atoms with E-state index in [-0.39, 0.29) is 23.2 Å². The van der Waals surface area contributed by atoms with E-state index < -0.39 is 5.82 Å². The molecule has 1 amide bonds. The molecule has 1 atom stereocenters. The summed E-state index contributed by atoms with van der Waals surface area (Å²) in [6.45, 7) is 6.80. The monoisotopic (exact) mass is 266 g/mol. The summed E-state index contributed by atoms with van der Waals surface area (Å²) in [5, 5.41) is 0. The van der Waals surface area contributed by atoms with Crippen LogP contribution in [-0.4, -0.2) is 23.4 Å². The van der Waals surface area contributed by atoms with Gasteiger partial charge in [-0.3, -0.25) is 4.79 Å². The Morgan fingerprint density at radius 3 is 2.68 bits per heavy atom. The van der Waals surface area contributed by atoms with Gasteiger partial charge >= 0.3 is 0 Å². The molecule has 0 fully saturated rings. The average molecular weight is 266 g/mol. The van der Waals surface area contributed by atoms with Crippen molar-refractivity contribution in [1.29, 1.82) is 0 Å². The van der Waals surface area contributed by atoms with Crippen LogP contribution in [0.4, 0.5) is 10.1 Å². The van der Waals surface area contributed by atoms with Crippen LogP contribution in [0.15, 0.2) is 18.2 Å². The molecule has 0 saturated heterocycles. The number of hydrogen-bond acceptors (Lipinski definition) is 2. The highest BCUT2D eigenvalue weighted by atomic mass is 19.1. The number of nitrogens with zero attached hydrogens (tertiary/aromatic N) is 1. The molecule has 0 aliphatic rings. The number of para-hydroxylation sites is 1. The van der Waals surface area contributed by atoms with Crippen LogP contribution in [0, 0.1) is 5.82 Å². The van der Waals surface area contributed by atoms with Gasteiger partial charge < -0.3 is 10.6 Å². The largest absolute Gasteiger partial charge is 0.396 e. The third-order valence-electron chi connectivity index (χ3n) is 3.42. The molecule has 3 nitrogen and oxygen atoms in total. The van der Waals surface area contributed by atoms with Crippen LogP contribution in [0.3, 0.4) is 0 Å². The molecule has 0 spiro atoms. The number of carbonyl (C=O) groups is 1. The number of halogens is 1. The number of benzene rings is 1. The predicted molar refractivity (Wildman–Crippen MR) is 76.5 cm³/mol. The van der Waals surface area contributed by atoms with E-state index in [0.717, 1.165) is 19.3 Å². The van der Waals surface area contributed by atoms with Gasteiger partial charge in [-0.25, -0.2) is 4.39 Å². The van der Waals surface area contributed by atoms with Crippen molar-refractivity contribution in [3.8, 4) is 0 Å². The molecule has 1 unspecified atom stereocenters. The Bertz CT molecular complexity index is 434. The molecule has 0 aromatic heterocycles. The molecule has 0 saturated carbocycles. The van der Waals surface area contributed by atoms with E-state index in [4.69, 9.17) is 5.73 Å². The van der Waals surface area contributed by atoms with Crippen molar-refractivity contribution in [2.75, 3.05) is 12.3 Å². The Morgan fingerprint density at radius 1 is 1.42 bits per heavy atom. The highest BCUT2D eigenvalue weighted by molar-refractivity contribution is 5.99. The molecule has 1 aromatic rings. The number of amides is 1. The molecule has 0 heterocycles. The van der Waals surface area contributed by atoms with Crippen molar-refractivity contribution < 1.29 is 9.18 Å². The number of carbonyl (C=O) groups excluding carboxylic acids is 1. The minimum absolute atomic E-state index is 0.0581. The number of unbranched alkanes of at least 4 members (excludes halogenated alkanes) is 1. The molecule has 19 heavy (non-hydrogen) atoms. The summed E-state index contributed by atoms with van der Waals surface area (Å²) in [4.78, 5) is 14.3. The fourth-order valence-electron chi connectivity index (χ4n) is 1.95. The summed E-state index contributed by atoms with van der Waals surface area (Å²) in [6, 6.07) is 4.50. The third-order valence-corrected chi connectivity index (χ3v) is 3.42. The Morgan fingerprint density at radius 2 is 2.11 bits per heavy atom. The number of rotatable bonds is 6. The molecule has 0 aliphatic heterocycles. The first kappa shape index (κ1) is 15.5. The second-order valence-electron chi connectivity index (χ2n) is 4.81. The van der Waals surface area contributed by atoms with E-state index in [1.165, 1.54) is 12.1 Å². The van der Waals surface area contributed by atoms with E-state index in [1.807, 2.05) is 13.8 Å². The number of nitrogens with two attached hydrogens (primary N) is 1. The average Bonchev–Trinajstić information content (AvgIpc) is 2.41. The van der Waals surface area contributed by atoms with Gasteiger partial charge in [0.1, 0.15) is 5.82 Å². The van der Waals surface area contributed by atoms with Gasteiger partial charge in [0.25, 0.3) is 5.91 Å². The zero-order valence-electron chi connectivity index (χ0n) is 11.9. The van der Waals surface area contributed by atoms with E-state index >= 15 is 0 Å². The number of nitrogen functional groups attached to an aromatic ring is 1. The molecule has 2 N–H and O–H groups in total. The zero-order valence-corrected chi connectivity index (χ0v) is 11.9. The van der Waals surface area contributed by atoms with Crippen LogP contribution in [0.5, 0.6) is 0 Å². The molecular formula is C15H23FN2O. The SMILES string of the molecule is CCCCN(C(=O)c1cccc(F)c1N)C(C)CC. The maximum Gasteiger partial charge on any atom is 0.256 e. The van der Waals surface area contributed by atoms with Crippen LogP contribution >= 0.6 is 0 Å². The predicted octanol–water partition coefficient (Wildman–Crippen LogP) is 3.45. The Labute approximate surface area is 114 Å². The first-order chi connectivity index (χ1) is 9.02. The Kier molecular flexibility index (Phi) is 5.80. The molecule has 0 aliphatic carbocycles. The minimum atomic E-state index is -0.537. The smallest absolute Gasteiger partial charge is 0.256 e. The van der Waals surface area contributed by atoms with Gasteiger partial charge in [-0.15, -0.1) is 0 Å². The van der Waals surface area contributed by atoms with Gasteiger partial charge in [0.15, 0.2) is 0 Å². The first-order valence-corrected chi connectivity index (χ1v) is 6.87. The first-order valence-electron chi connectivity index (χ1n) is 6.87. The highest BCUT2D eigenvalue weighted by Gasteiger charge is 2.22.